The third-order valence-electron chi connectivity index (χ3n) is 5.32. The third-order valence-corrected chi connectivity index (χ3v) is 5.32. The number of piperidine rings is 1. The van der Waals surface area contributed by atoms with Crippen molar-refractivity contribution in [2.45, 2.75) is 63.3 Å². The SMILES string of the molecule is CCCNC1CC2CCC(C1)N2CC1CN(C)CCO1. The summed E-state index contributed by atoms with van der Waals surface area (Å²) in [5.41, 5.74) is 0. The molecule has 3 aliphatic heterocycles. The highest BCUT2D eigenvalue weighted by atomic mass is 16.5. The molecule has 0 aromatic rings. The highest BCUT2D eigenvalue weighted by Crippen LogP contribution is 2.36. The van der Waals surface area contributed by atoms with Gasteiger partial charge in [0.25, 0.3) is 0 Å². The summed E-state index contributed by atoms with van der Waals surface area (Å²) in [6.07, 6.45) is 7.17. The third kappa shape index (κ3) is 3.35. The molecule has 0 aliphatic carbocycles. The van der Waals surface area contributed by atoms with E-state index in [9.17, 15) is 0 Å². The first-order valence-electron chi connectivity index (χ1n) is 8.55. The van der Waals surface area contributed by atoms with Crippen LogP contribution in [-0.4, -0.2) is 73.9 Å². The second-order valence-electron chi connectivity index (χ2n) is 6.96. The molecule has 4 nitrogen and oxygen atoms in total. The van der Waals surface area contributed by atoms with E-state index in [1.54, 1.807) is 0 Å². The summed E-state index contributed by atoms with van der Waals surface area (Å²) < 4.78 is 5.97. The van der Waals surface area contributed by atoms with Crippen LogP contribution in [0.1, 0.15) is 39.0 Å². The van der Waals surface area contributed by atoms with Crippen LogP contribution in [0.25, 0.3) is 0 Å². The minimum absolute atomic E-state index is 0.428. The molecular weight excluding hydrogens is 250 g/mol. The summed E-state index contributed by atoms with van der Waals surface area (Å²) in [5, 5.41) is 3.74. The van der Waals surface area contributed by atoms with Gasteiger partial charge in [0.1, 0.15) is 0 Å². The summed E-state index contributed by atoms with van der Waals surface area (Å²) in [4.78, 5) is 5.18. The van der Waals surface area contributed by atoms with E-state index in [2.05, 4.69) is 29.1 Å². The van der Waals surface area contributed by atoms with Gasteiger partial charge < -0.3 is 15.0 Å². The Labute approximate surface area is 123 Å². The van der Waals surface area contributed by atoms with E-state index >= 15 is 0 Å². The minimum Gasteiger partial charge on any atom is -0.374 e. The fourth-order valence-electron chi connectivity index (χ4n) is 4.30. The van der Waals surface area contributed by atoms with Crippen molar-refractivity contribution in [2.75, 3.05) is 39.8 Å². The molecule has 0 saturated carbocycles. The van der Waals surface area contributed by atoms with Crippen LogP contribution in [0, 0.1) is 0 Å². The summed E-state index contributed by atoms with van der Waals surface area (Å²) in [6, 6.07) is 2.37. The number of likely N-dealkylation sites (N-methyl/N-ethyl adjacent to an activating group) is 1. The summed E-state index contributed by atoms with van der Waals surface area (Å²) in [6.45, 7) is 7.69. The Morgan fingerprint density at radius 1 is 1.20 bits per heavy atom. The van der Waals surface area contributed by atoms with E-state index < -0.39 is 0 Å². The fraction of sp³-hybridized carbons (Fsp3) is 1.00. The summed E-state index contributed by atoms with van der Waals surface area (Å²) in [7, 11) is 2.21. The summed E-state index contributed by atoms with van der Waals surface area (Å²) in [5.74, 6) is 0. The van der Waals surface area contributed by atoms with Crippen LogP contribution in [0.15, 0.2) is 0 Å². The Kier molecular flexibility index (Phi) is 4.97. The van der Waals surface area contributed by atoms with E-state index in [1.165, 1.54) is 38.6 Å². The van der Waals surface area contributed by atoms with Crippen molar-refractivity contribution in [3.63, 3.8) is 0 Å². The lowest BCUT2D eigenvalue weighted by Crippen LogP contribution is -2.54. The maximum Gasteiger partial charge on any atom is 0.0829 e. The monoisotopic (exact) mass is 281 g/mol. The lowest BCUT2D eigenvalue weighted by molar-refractivity contribution is -0.0486. The first kappa shape index (κ1) is 14.8. The molecule has 1 N–H and O–H groups in total. The molecule has 3 atom stereocenters. The van der Waals surface area contributed by atoms with E-state index in [0.29, 0.717) is 6.10 Å². The predicted molar refractivity (Wildman–Crippen MR) is 82.1 cm³/mol. The van der Waals surface area contributed by atoms with Gasteiger partial charge in [0.2, 0.25) is 0 Å². The van der Waals surface area contributed by atoms with Crippen molar-refractivity contribution < 1.29 is 4.74 Å². The maximum atomic E-state index is 5.97. The lowest BCUT2D eigenvalue weighted by atomic mass is 9.96. The normalized spacial score (nSPS) is 39.3. The highest BCUT2D eigenvalue weighted by Gasteiger charge is 2.41. The second kappa shape index (κ2) is 6.73. The standard InChI is InChI=1S/C16H31N3O/c1-3-6-17-13-9-14-4-5-15(10-13)19(14)12-16-11-18(2)7-8-20-16/h13-17H,3-12H2,1-2H3. The van der Waals surface area contributed by atoms with Gasteiger partial charge in [-0.1, -0.05) is 6.92 Å². The van der Waals surface area contributed by atoms with Crippen molar-refractivity contribution in [3.8, 4) is 0 Å². The zero-order chi connectivity index (χ0) is 13.9. The van der Waals surface area contributed by atoms with Gasteiger partial charge in [-0.15, -0.1) is 0 Å². The number of ether oxygens (including phenoxy) is 1. The van der Waals surface area contributed by atoms with Gasteiger partial charge in [0.05, 0.1) is 12.7 Å². The molecule has 0 radical (unpaired) electrons. The van der Waals surface area contributed by atoms with Gasteiger partial charge in [0.15, 0.2) is 0 Å². The molecule has 3 saturated heterocycles. The van der Waals surface area contributed by atoms with Gasteiger partial charge in [-0.3, -0.25) is 4.90 Å². The molecule has 3 rings (SSSR count). The molecule has 0 aromatic carbocycles. The van der Waals surface area contributed by atoms with Crippen molar-refractivity contribution in [2.24, 2.45) is 0 Å². The van der Waals surface area contributed by atoms with E-state index in [-0.39, 0.29) is 0 Å². The molecule has 3 unspecified atom stereocenters. The van der Waals surface area contributed by atoms with E-state index in [4.69, 9.17) is 4.74 Å². The van der Waals surface area contributed by atoms with Crippen LogP contribution in [0.5, 0.6) is 0 Å². The van der Waals surface area contributed by atoms with E-state index in [0.717, 1.165) is 44.4 Å². The Balaban J connectivity index is 1.51. The number of rotatable bonds is 5. The topological polar surface area (TPSA) is 27.7 Å². The zero-order valence-corrected chi connectivity index (χ0v) is 13.2. The van der Waals surface area contributed by atoms with Gasteiger partial charge in [-0.2, -0.15) is 0 Å². The Bertz CT molecular complexity index is 298. The van der Waals surface area contributed by atoms with Crippen molar-refractivity contribution in [1.29, 1.82) is 0 Å². The Hall–Kier alpha value is -0.160. The quantitative estimate of drug-likeness (QED) is 0.822. The number of morpholine rings is 1. The molecule has 116 valence electrons. The fourth-order valence-corrected chi connectivity index (χ4v) is 4.30. The molecule has 0 amide bonds. The van der Waals surface area contributed by atoms with Gasteiger partial charge in [0, 0.05) is 37.8 Å². The Morgan fingerprint density at radius 3 is 2.60 bits per heavy atom. The van der Waals surface area contributed by atoms with Crippen LogP contribution in [0.3, 0.4) is 0 Å². The molecule has 2 bridgehead atoms. The largest absolute Gasteiger partial charge is 0.374 e. The van der Waals surface area contributed by atoms with Crippen LogP contribution in [0.2, 0.25) is 0 Å². The van der Waals surface area contributed by atoms with Crippen LogP contribution < -0.4 is 5.32 Å². The van der Waals surface area contributed by atoms with Crippen LogP contribution >= 0.6 is 0 Å². The molecule has 0 spiro atoms. The summed E-state index contributed by atoms with van der Waals surface area (Å²) >= 11 is 0. The number of hydrogen-bond acceptors (Lipinski definition) is 4. The van der Waals surface area contributed by atoms with Crippen LogP contribution in [-0.2, 0) is 4.74 Å². The van der Waals surface area contributed by atoms with Gasteiger partial charge in [-0.25, -0.2) is 0 Å². The van der Waals surface area contributed by atoms with E-state index in [1.807, 2.05) is 0 Å². The first-order chi connectivity index (χ1) is 9.76. The van der Waals surface area contributed by atoms with Crippen molar-refractivity contribution in [1.82, 2.24) is 15.1 Å². The zero-order valence-electron chi connectivity index (χ0n) is 13.2. The number of hydrogen-bond donors (Lipinski definition) is 1. The lowest BCUT2D eigenvalue weighted by Gasteiger charge is -2.42. The number of fused-ring (bicyclic) bond motifs is 2. The molecule has 3 heterocycles. The number of nitrogens with zero attached hydrogens (tertiary/aromatic N) is 2. The molecule has 3 aliphatic rings. The van der Waals surface area contributed by atoms with Crippen LogP contribution in [0.4, 0.5) is 0 Å². The highest BCUT2D eigenvalue weighted by molar-refractivity contribution is 4.98. The maximum absolute atomic E-state index is 5.97. The van der Waals surface area contributed by atoms with Gasteiger partial charge >= 0.3 is 0 Å². The molecular formula is C16H31N3O. The average Bonchev–Trinajstić information content (AvgIpc) is 2.68. The molecule has 20 heavy (non-hydrogen) atoms. The molecule has 4 heteroatoms. The molecule has 0 aromatic heterocycles. The predicted octanol–water partition coefficient (Wildman–Crippen LogP) is 1.31. The smallest absolute Gasteiger partial charge is 0.0829 e. The average molecular weight is 281 g/mol. The molecule has 3 fully saturated rings. The minimum atomic E-state index is 0.428. The van der Waals surface area contributed by atoms with Gasteiger partial charge in [-0.05, 0) is 45.7 Å². The Morgan fingerprint density at radius 2 is 1.95 bits per heavy atom. The number of nitrogens with one attached hydrogen (secondary N) is 1. The van der Waals surface area contributed by atoms with Crippen molar-refractivity contribution in [3.05, 3.63) is 0 Å². The van der Waals surface area contributed by atoms with Crippen molar-refractivity contribution >= 4 is 0 Å². The first-order valence-corrected chi connectivity index (χ1v) is 8.55. The second-order valence-corrected chi connectivity index (χ2v) is 6.96.